The molecule has 4 rings (SSSR count). The highest BCUT2D eigenvalue weighted by Crippen LogP contribution is 2.48. The van der Waals surface area contributed by atoms with Gasteiger partial charge in [-0.2, -0.15) is 4.31 Å². The second kappa shape index (κ2) is 8.25. The van der Waals surface area contributed by atoms with E-state index < -0.39 is 10.0 Å². The molecule has 1 heterocycles. The van der Waals surface area contributed by atoms with Crippen molar-refractivity contribution in [2.75, 3.05) is 13.7 Å². The Bertz CT molecular complexity index is 1090. The van der Waals surface area contributed by atoms with Crippen molar-refractivity contribution in [3.63, 3.8) is 0 Å². The lowest BCUT2D eigenvalue weighted by Crippen LogP contribution is -2.32. The first kappa shape index (κ1) is 20.6. The van der Waals surface area contributed by atoms with Crippen molar-refractivity contribution >= 4 is 10.0 Å². The van der Waals surface area contributed by atoms with Crippen LogP contribution in [-0.4, -0.2) is 26.4 Å². The highest BCUT2D eigenvalue weighted by molar-refractivity contribution is 7.89. The molecule has 5 heteroatoms. The molecule has 1 unspecified atom stereocenters. The molecule has 0 aromatic heterocycles. The first-order valence-corrected chi connectivity index (χ1v) is 11.6. The molecule has 0 spiro atoms. The van der Waals surface area contributed by atoms with Gasteiger partial charge >= 0.3 is 0 Å². The zero-order valence-corrected chi connectivity index (χ0v) is 18.3. The molecular weight excluding hydrogens is 394 g/mol. The zero-order chi connectivity index (χ0) is 21.3. The van der Waals surface area contributed by atoms with E-state index in [4.69, 9.17) is 4.74 Å². The monoisotopic (exact) mass is 421 g/mol. The minimum atomic E-state index is -3.64. The summed E-state index contributed by atoms with van der Waals surface area (Å²) in [5, 5.41) is 0. The van der Waals surface area contributed by atoms with Gasteiger partial charge in [-0.1, -0.05) is 67.1 Å². The SMILES string of the molecule is COc1ccc([C@@H]2[C@@H](C)C(c3ccccc3)CN2S(=O)(=O)c2ccc(C)cc2)cc1. The van der Waals surface area contributed by atoms with Crippen molar-refractivity contribution in [1.82, 2.24) is 4.31 Å². The van der Waals surface area contributed by atoms with Gasteiger partial charge in [0.2, 0.25) is 10.0 Å². The number of aryl methyl sites for hydroxylation is 1. The van der Waals surface area contributed by atoms with E-state index in [0.717, 1.165) is 16.9 Å². The fourth-order valence-electron chi connectivity index (χ4n) is 4.43. The number of hydrogen-bond acceptors (Lipinski definition) is 3. The first-order chi connectivity index (χ1) is 14.4. The number of benzene rings is 3. The molecule has 0 radical (unpaired) electrons. The van der Waals surface area contributed by atoms with Gasteiger partial charge in [-0.25, -0.2) is 8.42 Å². The van der Waals surface area contributed by atoms with Gasteiger partial charge in [-0.15, -0.1) is 0 Å². The van der Waals surface area contributed by atoms with Gasteiger partial charge in [-0.05, 0) is 48.2 Å². The van der Waals surface area contributed by atoms with Crippen molar-refractivity contribution in [2.45, 2.75) is 30.7 Å². The lowest BCUT2D eigenvalue weighted by molar-refractivity contribution is 0.354. The molecule has 0 N–H and O–H groups in total. The van der Waals surface area contributed by atoms with Gasteiger partial charge in [0.25, 0.3) is 0 Å². The Balaban J connectivity index is 1.79. The number of methoxy groups -OCH3 is 1. The molecule has 0 saturated carbocycles. The smallest absolute Gasteiger partial charge is 0.243 e. The maximum absolute atomic E-state index is 13.7. The van der Waals surface area contributed by atoms with Crippen molar-refractivity contribution < 1.29 is 13.2 Å². The van der Waals surface area contributed by atoms with Crippen LogP contribution in [0, 0.1) is 12.8 Å². The Morgan fingerprint density at radius 1 is 0.867 bits per heavy atom. The predicted molar refractivity (Wildman–Crippen MR) is 119 cm³/mol. The van der Waals surface area contributed by atoms with Crippen molar-refractivity contribution in [3.05, 3.63) is 95.6 Å². The molecule has 3 aromatic carbocycles. The zero-order valence-electron chi connectivity index (χ0n) is 17.5. The van der Waals surface area contributed by atoms with E-state index >= 15 is 0 Å². The van der Waals surface area contributed by atoms with E-state index in [0.29, 0.717) is 11.4 Å². The standard InChI is InChI=1S/C25H27NO3S/c1-18-9-15-23(16-10-18)30(27,28)26-17-24(20-7-5-4-6-8-20)19(2)25(26)21-11-13-22(29-3)14-12-21/h4-16,19,24-25H,17H2,1-3H3/t19-,24?,25-/m0/s1. The van der Waals surface area contributed by atoms with Crippen molar-refractivity contribution in [2.24, 2.45) is 5.92 Å². The van der Waals surface area contributed by atoms with Gasteiger partial charge in [0.15, 0.2) is 0 Å². The quantitative estimate of drug-likeness (QED) is 0.571. The Kier molecular flexibility index (Phi) is 5.67. The molecule has 156 valence electrons. The molecular formula is C25H27NO3S. The molecule has 3 atom stereocenters. The Labute approximate surface area is 179 Å². The van der Waals surface area contributed by atoms with E-state index in [-0.39, 0.29) is 17.9 Å². The van der Waals surface area contributed by atoms with Crippen molar-refractivity contribution in [3.8, 4) is 5.75 Å². The predicted octanol–water partition coefficient (Wildman–Crippen LogP) is 5.17. The number of nitrogens with zero attached hydrogens (tertiary/aromatic N) is 1. The van der Waals surface area contributed by atoms with Crippen LogP contribution < -0.4 is 4.74 Å². The third-order valence-electron chi connectivity index (χ3n) is 6.13. The molecule has 3 aromatic rings. The summed E-state index contributed by atoms with van der Waals surface area (Å²) in [5.41, 5.74) is 3.19. The van der Waals surface area contributed by atoms with E-state index in [2.05, 4.69) is 19.1 Å². The van der Waals surface area contributed by atoms with Crippen LogP contribution in [0.5, 0.6) is 5.75 Å². The third-order valence-corrected chi connectivity index (χ3v) is 7.99. The second-order valence-corrected chi connectivity index (χ2v) is 9.87. The normalized spacial score (nSPS) is 22.2. The maximum Gasteiger partial charge on any atom is 0.243 e. The molecule has 1 aliphatic heterocycles. The Morgan fingerprint density at radius 2 is 1.50 bits per heavy atom. The summed E-state index contributed by atoms with van der Waals surface area (Å²) in [6.45, 7) is 4.56. The molecule has 30 heavy (non-hydrogen) atoms. The van der Waals surface area contributed by atoms with Gasteiger partial charge in [-0.3, -0.25) is 0 Å². The maximum atomic E-state index is 13.7. The molecule has 0 bridgehead atoms. The summed E-state index contributed by atoms with van der Waals surface area (Å²) in [6.07, 6.45) is 0. The van der Waals surface area contributed by atoms with Crippen molar-refractivity contribution in [1.29, 1.82) is 0 Å². The summed E-state index contributed by atoms with van der Waals surface area (Å²) in [7, 11) is -2.01. The van der Waals surface area contributed by atoms with Crippen LogP contribution in [0.15, 0.2) is 83.8 Å². The number of hydrogen-bond donors (Lipinski definition) is 0. The number of sulfonamides is 1. The summed E-state index contributed by atoms with van der Waals surface area (Å²) < 4.78 is 34.3. The van der Waals surface area contributed by atoms with Crippen LogP contribution in [0.25, 0.3) is 0 Å². The third kappa shape index (κ3) is 3.75. The minimum absolute atomic E-state index is 0.124. The lowest BCUT2D eigenvalue weighted by Gasteiger charge is -2.27. The van der Waals surface area contributed by atoms with Crippen LogP contribution >= 0.6 is 0 Å². The topological polar surface area (TPSA) is 46.6 Å². The first-order valence-electron chi connectivity index (χ1n) is 10.2. The molecule has 0 aliphatic carbocycles. The van der Waals surface area contributed by atoms with Gasteiger partial charge in [0, 0.05) is 12.5 Å². The number of rotatable bonds is 5. The van der Waals surface area contributed by atoms with Crippen LogP contribution in [0.2, 0.25) is 0 Å². The average molecular weight is 422 g/mol. The molecule has 1 aliphatic rings. The van der Waals surface area contributed by atoms with Gasteiger partial charge in [0.1, 0.15) is 5.75 Å². The Hall–Kier alpha value is -2.63. The van der Waals surface area contributed by atoms with Crippen LogP contribution in [0.4, 0.5) is 0 Å². The fourth-order valence-corrected chi connectivity index (χ4v) is 6.15. The average Bonchev–Trinajstić information content (AvgIpc) is 3.12. The number of ether oxygens (including phenoxy) is 1. The highest BCUT2D eigenvalue weighted by Gasteiger charge is 2.46. The van der Waals surface area contributed by atoms with Gasteiger partial charge in [0.05, 0.1) is 18.0 Å². The van der Waals surface area contributed by atoms with Crippen LogP contribution in [-0.2, 0) is 10.0 Å². The molecule has 4 nitrogen and oxygen atoms in total. The van der Waals surface area contributed by atoms with E-state index in [1.807, 2.05) is 61.5 Å². The summed E-state index contributed by atoms with van der Waals surface area (Å²) >= 11 is 0. The van der Waals surface area contributed by atoms with E-state index in [1.54, 1.807) is 23.5 Å². The summed E-state index contributed by atoms with van der Waals surface area (Å²) in [5.74, 6) is 1.01. The minimum Gasteiger partial charge on any atom is -0.497 e. The fraction of sp³-hybridized carbons (Fsp3) is 0.280. The second-order valence-electron chi connectivity index (χ2n) is 7.98. The van der Waals surface area contributed by atoms with Crippen LogP contribution in [0.3, 0.4) is 0 Å². The summed E-state index contributed by atoms with van der Waals surface area (Å²) in [4.78, 5) is 0.340. The Morgan fingerprint density at radius 3 is 2.10 bits per heavy atom. The summed E-state index contributed by atoms with van der Waals surface area (Å²) in [6, 6.07) is 24.8. The van der Waals surface area contributed by atoms with Gasteiger partial charge < -0.3 is 4.74 Å². The lowest BCUT2D eigenvalue weighted by atomic mass is 9.84. The van der Waals surface area contributed by atoms with E-state index in [1.165, 1.54) is 5.56 Å². The molecule has 1 saturated heterocycles. The largest absolute Gasteiger partial charge is 0.497 e. The van der Waals surface area contributed by atoms with Crippen LogP contribution in [0.1, 0.15) is 35.6 Å². The molecule has 1 fully saturated rings. The molecule has 0 amide bonds. The van der Waals surface area contributed by atoms with E-state index in [9.17, 15) is 8.42 Å². The highest BCUT2D eigenvalue weighted by atomic mass is 32.2.